The van der Waals surface area contributed by atoms with E-state index >= 15 is 0 Å². The second-order valence-electron chi connectivity index (χ2n) is 4.20. The summed E-state index contributed by atoms with van der Waals surface area (Å²) in [5, 5.41) is 3.41. The second kappa shape index (κ2) is 6.21. The number of nitrogens with one attached hydrogen (secondary N) is 2. The Kier molecular flexibility index (Phi) is 5.43. The van der Waals surface area contributed by atoms with Crippen molar-refractivity contribution in [3.05, 3.63) is 28.8 Å². The number of hydrogen-bond acceptors (Lipinski definition) is 3. The Balaban J connectivity index is 0.00000162. The van der Waals surface area contributed by atoms with Crippen LogP contribution in [0.1, 0.15) is 12.0 Å². The van der Waals surface area contributed by atoms with Crippen LogP contribution < -0.4 is 10.0 Å². The molecular weight excluding hydrogens is 295 g/mol. The van der Waals surface area contributed by atoms with Crippen molar-refractivity contribution in [1.29, 1.82) is 0 Å². The molecular formula is C11H16Cl2N2O2S. The summed E-state index contributed by atoms with van der Waals surface area (Å²) >= 11 is 6.03. The zero-order chi connectivity index (χ0) is 12.5. The minimum Gasteiger partial charge on any atom is -0.315 e. The summed E-state index contributed by atoms with van der Waals surface area (Å²) < 4.78 is 26.9. The average Bonchev–Trinajstić information content (AvgIpc) is 2.73. The molecule has 0 radical (unpaired) electrons. The summed E-state index contributed by atoms with van der Waals surface area (Å²) in [6.45, 7) is 3.30. The summed E-state index contributed by atoms with van der Waals surface area (Å²) in [6, 6.07) is 4.97. The van der Waals surface area contributed by atoms with E-state index in [0.29, 0.717) is 11.6 Å². The summed E-state index contributed by atoms with van der Waals surface area (Å²) in [5.41, 5.74) is 0.763. The summed E-state index contributed by atoms with van der Waals surface area (Å²) in [6.07, 6.45) is 0.808. The standard InChI is InChI=1S/C11H15ClN2O2S.ClH/c1-8-3-2-4-10(11(8)12)17(15,16)14-9-5-6-13-7-9;/h2-4,9,13-14H,5-7H2,1H3;1H. The zero-order valence-corrected chi connectivity index (χ0v) is 12.3. The monoisotopic (exact) mass is 310 g/mol. The van der Waals surface area contributed by atoms with E-state index in [9.17, 15) is 8.42 Å². The van der Waals surface area contributed by atoms with E-state index in [2.05, 4.69) is 10.0 Å². The van der Waals surface area contributed by atoms with E-state index in [0.717, 1.165) is 18.5 Å². The number of halogens is 2. The Labute approximate surface area is 119 Å². The highest BCUT2D eigenvalue weighted by Gasteiger charge is 2.24. The highest BCUT2D eigenvalue weighted by Crippen LogP contribution is 2.24. The fourth-order valence-electron chi connectivity index (χ4n) is 1.87. The molecule has 1 heterocycles. The molecule has 1 aliphatic heterocycles. The van der Waals surface area contributed by atoms with Gasteiger partial charge in [0.15, 0.2) is 0 Å². The number of aryl methyl sites for hydroxylation is 1. The lowest BCUT2D eigenvalue weighted by Crippen LogP contribution is -2.36. The van der Waals surface area contributed by atoms with E-state index < -0.39 is 10.0 Å². The molecule has 2 N–H and O–H groups in total. The van der Waals surface area contributed by atoms with Crippen molar-refractivity contribution in [2.45, 2.75) is 24.3 Å². The molecule has 1 aliphatic rings. The van der Waals surface area contributed by atoms with Crippen LogP contribution in [0.5, 0.6) is 0 Å². The zero-order valence-electron chi connectivity index (χ0n) is 9.94. The smallest absolute Gasteiger partial charge is 0.242 e. The minimum atomic E-state index is -3.52. The summed E-state index contributed by atoms with van der Waals surface area (Å²) in [7, 11) is -3.52. The Morgan fingerprint density at radius 1 is 1.44 bits per heavy atom. The van der Waals surface area contributed by atoms with Crippen molar-refractivity contribution in [2.24, 2.45) is 0 Å². The first kappa shape index (κ1) is 15.7. The fourth-order valence-corrected chi connectivity index (χ4v) is 3.72. The Morgan fingerprint density at radius 3 is 2.78 bits per heavy atom. The van der Waals surface area contributed by atoms with Gasteiger partial charge in [-0.15, -0.1) is 12.4 Å². The predicted octanol–water partition coefficient (Wildman–Crippen LogP) is 1.71. The van der Waals surface area contributed by atoms with Gasteiger partial charge in [0.1, 0.15) is 4.90 Å². The third-order valence-electron chi connectivity index (χ3n) is 2.83. The first-order valence-electron chi connectivity index (χ1n) is 5.49. The molecule has 1 aromatic rings. The van der Waals surface area contributed by atoms with Gasteiger partial charge in [-0.2, -0.15) is 0 Å². The third kappa shape index (κ3) is 3.36. The largest absolute Gasteiger partial charge is 0.315 e. The molecule has 1 atom stereocenters. The molecule has 0 saturated carbocycles. The van der Waals surface area contributed by atoms with Crippen LogP contribution >= 0.6 is 24.0 Å². The maximum absolute atomic E-state index is 12.1. The van der Waals surface area contributed by atoms with Crippen LogP contribution in [-0.4, -0.2) is 27.5 Å². The van der Waals surface area contributed by atoms with Crippen molar-refractivity contribution in [1.82, 2.24) is 10.0 Å². The van der Waals surface area contributed by atoms with Crippen molar-refractivity contribution in [3.63, 3.8) is 0 Å². The van der Waals surface area contributed by atoms with Gasteiger partial charge in [-0.25, -0.2) is 13.1 Å². The van der Waals surface area contributed by atoms with Crippen LogP contribution in [0.15, 0.2) is 23.1 Å². The van der Waals surface area contributed by atoms with Crippen LogP contribution in [0.4, 0.5) is 0 Å². The van der Waals surface area contributed by atoms with Gasteiger partial charge < -0.3 is 5.32 Å². The molecule has 1 fully saturated rings. The molecule has 2 rings (SSSR count). The van der Waals surface area contributed by atoms with Crippen molar-refractivity contribution in [2.75, 3.05) is 13.1 Å². The average molecular weight is 311 g/mol. The Bertz CT molecular complexity index is 514. The van der Waals surface area contributed by atoms with Crippen LogP contribution in [0.3, 0.4) is 0 Å². The molecule has 0 bridgehead atoms. The Hall–Kier alpha value is -0.330. The van der Waals surface area contributed by atoms with Gasteiger partial charge in [-0.05, 0) is 31.5 Å². The predicted molar refractivity (Wildman–Crippen MR) is 75.0 cm³/mol. The molecule has 102 valence electrons. The molecule has 0 amide bonds. The lowest BCUT2D eigenvalue weighted by Gasteiger charge is -2.13. The first-order valence-corrected chi connectivity index (χ1v) is 7.35. The van der Waals surface area contributed by atoms with Crippen LogP contribution in [0.2, 0.25) is 5.02 Å². The summed E-state index contributed by atoms with van der Waals surface area (Å²) in [4.78, 5) is 0.158. The SMILES string of the molecule is Cc1cccc(S(=O)(=O)NC2CCNC2)c1Cl.Cl. The van der Waals surface area contributed by atoms with Gasteiger partial charge in [0, 0.05) is 12.6 Å². The lowest BCUT2D eigenvalue weighted by atomic mass is 10.2. The van der Waals surface area contributed by atoms with E-state index in [4.69, 9.17) is 11.6 Å². The van der Waals surface area contributed by atoms with Crippen molar-refractivity contribution >= 4 is 34.0 Å². The third-order valence-corrected chi connectivity index (χ3v) is 5.00. The number of rotatable bonds is 3. The number of hydrogen-bond donors (Lipinski definition) is 2. The molecule has 0 aliphatic carbocycles. The van der Waals surface area contributed by atoms with Gasteiger partial charge >= 0.3 is 0 Å². The lowest BCUT2D eigenvalue weighted by molar-refractivity contribution is 0.560. The van der Waals surface area contributed by atoms with Gasteiger partial charge in [0.05, 0.1) is 5.02 Å². The highest BCUT2D eigenvalue weighted by atomic mass is 35.5. The maximum Gasteiger partial charge on any atom is 0.242 e. The van der Waals surface area contributed by atoms with E-state index in [1.807, 2.05) is 0 Å². The van der Waals surface area contributed by atoms with E-state index in [-0.39, 0.29) is 23.3 Å². The van der Waals surface area contributed by atoms with Crippen LogP contribution in [0, 0.1) is 6.92 Å². The summed E-state index contributed by atoms with van der Waals surface area (Å²) in [5.74, 6) is 0. The van der Waals surface area contributed by atoms with Gasteiger partial charge in [0.25, 0.3) is 0 Å². The highest BCUT2D eigenvalue weighted by molar-refractivity contribution is 7.89. The van der Waals surface area contributed by atoms with E-state index in [1.165, 1.54) is 6.07 Å². The van der Waals surface area contributed by atoms with Gasteiger partial charge in [-0.1, -0.05) is 23.7 Å². The van der Waals surface area contributed by atoms with E-state index in [1.54, 1.807) is 19.1 Å². The van der Waals surface area contributed by atoms with Gasteiger partial charge in [0.2, 0.25) is 10.0 Å². The molecule has 0 spiro atoms. The molecule has 0 aromatic heterocycles. The minimum absolute atomic E-state index is 0. The van der Waals surface area contributed by atoms with Crippen LogP contribution in [0.25, 0.3) is 0 Å². The molecule has 7 heteroatoms. The fraction of sp³-hybridized carbons (Fsp3) is 0.455. The van der Waals surface area contributed by atoms with Crippen molar-refractivity contribution < 1.29 is 8.42 Å². The quantitative estimate of drug-likeness (QED) is 0.893. The maximum atomic E-state index is 12.1. The van der Waals surface area contributed by atoms with Crippen molar-refractivity contribution in [3.8, 4) is 0 Å². The van der Waals surface area contributed by atoms with Crippen LogP contribution in [-0.2, 0) is 10.0 Å². The Morgan fingerprint density at radius 2 is 2.17 bits per heavy atom. The molecule has 1 unspecified atom stereocenters. The number of benzene rings is 1. The molecule has 18 heavy (non-hydrogen) atoms. The topological polar surface area (TPSA) is 58.2 Å². The second-order valence-corrected chi connectivity index (χ2v) is 6.26. The number of sulfonamides is 1. The molecule has 4 nitrogen and oxygen atoms in total. The normalized spacial score (nSPS) is 19.6. The van der Waals surface area contributed by atoms with Gasteiger partial charge in [-0.3, -0.25) is 0 Å². The first-order chi connectivity index (χ1) is 8.00. The molecule has 1 saturated heterocycles. The molecule has 1 aromatic carbocycles.